The SMILES string of the molecule is COc1c(C)c2c(c(F)c1OC)C1(CC1)CNC2=O. The second kappa shape index (κ2) is 3.85. The first-order valence-electron chi connectivity index (χ1n) is 6.28. The lowest BCUT2D eigenvalue weighted by Gasteiger charge is -2.29. The van der Waals surface area contributed by atoms with Crippen LogP contribution in [0, 0.1) is 12.7 Å². The minimum absolute atomic E-state index is 0.0970. The van der Waals surface area contributed by atoms with Crippen LogP contribution in [-0.2, 0) is 5.41 Å². The molecule has 1 fully saturated rings. The van der Waals surface area contributed by atoms with E-state index in [9.17, 15) is 9.18 Å². The van der Waals surface area contributed by atoms with Gasteiger partial charge in [0.2, 0.25) is 0 Å². The van der Waals surface area contributed by atoms with Gasteiger partial charge in [0.1, 0.15) is 0 Å². The Balaban J connectivity index is 2.37. The Morgan fingerprint density at radius 2 is 1.84 bits per heavy atom. The van der Waals surface area contributed by atoms with Gasteiger partial charge in [0, 0.05) is 23.1 Å². The lowest BCUT2D eigenvalue weighted by Crippen LogP contribution is -2.40. The fraction of sp³-hybridized carbons (Fsp3) is 0.500. The highest BCUT2D eigenvalue weighted by molar-refractivity contribution is 6.00. The Bertz CT molecular complexity index is 579. The Kier molecular flexibility index (Phi) is 2.49. The normalized spacial score (nSPS) is 18.8. The van der Waals surface area contributed by atoms with Gasteiger partial charge < -0.3 is 14.8 Å². The summed E-state index contributed by atoms with van der Waals surface area (Å²) >= 11 is 0. The van der Waals surface area contributed by atoms with Crippen LogP contribution in [0.4, 0.5) is 4.39 Å². The predicted octanol–water partition coefficient (Wildman–Crippen LogP) is 1.93. The number of nitrogens with one attached hydrogen (secondary N) is 1. The molecule has 1 saturated carbocycles. The molecule has 2 aliphatic rings. The minimum atomic E-state index is -0.452. The highest BCUT2D eigenvalue weighted by Gasteiger charge is 2.52. The van der Waals surface area contributed by atoms with Crippen LogP contribution in [0.3, 0.4) is 0 Å². The Hall–Kier alpha value is -1.78. The molecular formula is C14H16FNO3. The van der Waals surface area contributed by atoms with Gasteiger partial charge in [-0.05, 0) is 19.8 Å². The van der Waals surface area contributed by atoms with E-state index < -0.39 is 5.82 Å². The van der Waals surface area contributed by atoms with Crippen LogP contribution in [0.15, 0.2) is 0 Å². The van der Waals surface area contributed by atoms with Gasteiger partial charge in [0.25, 0.3) is 5.91 Å². The summed E-state index contributed by atoms with van der Waals surface area (Å²) in [5, 5.41) is 2.85. The Morgan fingerprint density at radius 1 is 1.21 bits per heavy atom. The molecule has 19 heavy (non-hydrogen) atoms. The molecule has 0 bridgehead atoms. The molecule has 0 unspecified atom stereocenters. The number of carbonyl (C=O) groups excluding carboxylic acids is 1. The lowest BCUT2D eigenvalue weighted by atomic mass is 9.84. The lowest BCUT2D eigenvalue weighted by molar-refractivity contribution is 0.0934. The number of amides is 1. The van der Waals surface area contributed by atoms with E-state index >= 15 is 0 Å². The van der Waals surface area contributed by atoms with Gasteiger partial charge in [-0.25, -0.2) is 4.39 Å². The first-order valence-corrected chi connectivity index (χ1v) is 6.28. The van der Waals surface area contributed by atoms with Crippen molar-refractivity contribution < 1.29 is 18.7 Å². The minimum Gasteiger partial charge on any atom is -0.492 e. The summed E-state index contributed by atoms with van der Waals surface area (Å²) in [5.74, 6) is -0.288. The fourth-order valence-electron chi connectivity index (χ4n) is 3.01. The smallest absolute Gasteiger partial charge is 0.252 e. The third-order valence-corrected chi connectivity index (χ3v) is 4.20. The number of rotatable bonds is 2. The molecule has 1 spiro atoms. The molecule has 0 atom stereocenters. The number of hydrogen-bond acceptors (Lipinski definition) is 3. The zero-order valence-corrected chi connectivity index (χ0v) is 11.2. The fourth-order valence-corrected chi connectivity index (χ4v) is 3.01. The van der Waals surface area contributed by atoms with E-state index in [4.69, 9.17) is 9.47 Å². The van der Waals surface area contributed by atoms with E-state index in [-0.39, 0.29) is 17.1 Å². The standard InChI is InChI=1S/C14H16FNO3/c1-7-8-9(10(15)12(19-3)11(7)18-2)14(4-5-14)6-16-13(8)17/h4-6H2,1-3H3,(H,16,17). The molecule has 102 valence electrons. The van der Waals surface area contributed by atoms with Crippen molar-refractivity contribution in [2.75, 3.05) is 20.8 Å². The van der Waals surface area contributed by atoms with E-state index in [1.807, 2.05) is 0 Å². The molecule has 1 aromatic carbocycles. The summed E-state index contributed by atoms with van der Waals surface area (Å²) < 4.78 is 25.1. The van der Waals surface area contributed by atoms with E-state index in [0.29, 0.717) is 29.0 Å². The van der Waals surface area contributed by atoms with Crippen molar-refractivity contribution in [1.82, 2.24) is 5.32 Å². The summed E-state index contributed by atoms with van der Waals surface area (Å²) in [6.07, 6.45) is 1.79. The van der Waals surface area contributed by atoms with Crippen LogP contribution in [0.2, 0.25) is 0 Å². The summed E-state index contributed by atoms with van der Waals surface area (Å²) in [7, 11) is 2.86. The van der Waals surface area contributed by atoms with E-state index in [0.717, 1.165) is 12.8 Å². The van der Waals surface area contributed by atoms with E-state index in [1.165, 1.54) is 14.2 Å². The van der Waals surface area contributed by atoms with Crippen molar-refractivity contribution in [3.63, 3.8) is 0 Å². The maximum atomic E-state index is 14.7. The summed E-state index contributed by atoms with van der Waals surface area (Å²) in [5.41, 5.74) is 1.32. The molecular weight excluding hydrogens is 249 g/mol. The summed E-state index contributed by atoms with van der Waals surface area (Å²) in [6, 6.07) is 0. The average Bonchev–Trinajstić information content (AvgIpc) is 3.17. The van der Waals surface area contributed by atoms with Crippen molar-refractivity contribution in [1.29, 1.82) is 0 Å². The monoisotopic (exact) mass is 265 g/mol. The molecule has 4 nitrogen and oxygen atoms in total. The van der Waals surface area contributed by atoms with Crippen molar-refractivity contribution in [3.8, 4) is 11.5 Å². The third-order valence-electron chi connectivity index (χ3n) is 4.20. The average molecular weight is 265 g/mol. The van der Waals surface area contributed by atoms with Gasteiger partial charge >= 0.3 is 0 Å². The van der Waals surface area contributed by atoms with Gasteiger partial charge in [-0.15, -0.1) is 0 Å². The summed E-state index contributed by atoms with van der Waals surface area (Å²) in [6.45, 7) is 2.27. The molecule has 3 rings (SSSR count). The van der Waals surface area contributed by atoms with Crippen LogP contribution in [0.1, 0.15) is 34.3 Å². The Labute approximate surface area is 110 Å². The van der Waals surface area contributed by atoms with Gasteiger partial charge in [-0.2, -0.15) is 0 Å². The van der Waals surface area contributed by atoms with Crippen LogP contribution < -0.4 is 14.8 Å². The highest BCUT2D eigenvalue weighted by Crippen LogP contribution is 2.55. The van der Waals surface area contributed by atoms with Crippen LogP contribution in [-0.4, -0.2) is 26.7 Å². The maximum Gasteiger partial charge on any atom is 0.252 e. The van der Waals surface area contributed by atoms with Gasteiger partial charge in [0.15, 0.2) is 17.3 Å². The number of carbonyl (C=O) groups is 1. The first-order chi connectivity index (χ1) is 9.05. The van der Waals surface area contributed by atoms with Crippen molar-refractivity contribution in [3.05, 3.63) is 22.5 Å². The molecule has 0 radical (unpaired) electrons. The number of benzene rings is 1. The Morgan fingerprint density at radius 3 is 2.37 bits per heavy atom. The summed E-state index contributed by atoms with van der Waals surface area (Å²) in [4.78, 5) is 12.1. The van der Waals surface area contributed by atoms with Crippen molar-refractivity contribution >= 4 is 5.91 Å². The highest BCUT2D eigenvalue weighted by atomic mass is 19.1. The molecule has 1 aromatic rings. The molecule has 5 heteroatoms. The second-order valence-electron chi connectivity index (χ2n) is 5.22. The molecule has 1 amide bonds. The number of ether oxygens (including phenoxy) is 2. The molecule has 0 aromatic heterocycles. The molecule has 1 heterocycles. The third kappa shape index (κ3) is 1.47. The number of hydrogen-bond donors (Lipinski definition) is 1. The van der Waals surface area contributed by atoms with Gasteiger partial charge in [0.05, 0.1) is 19.8 Å². The van der Waals surface area contributed by atoms with Crippen molar-refractivity contribution in [2.24, 2.45) is 0 Å². The number of methoxy groups -OCH3 is 2. The largest absolute Gasteiger partial charge is 0.492 e. The quantitative estimate of drug-likeness (QED) is 0.888. The molecule has 1 aliphatic carbocycles. The zero-order valence-electron chi connectivity index (χ0n) is 11.2. The van der Waals surface area contributed by atoms with Crippen LogP contribution in [0.25, 0.3) is 0 Å². The van der Waals surface area contributed by atoms with Crippen molar-refractivity contribution in [2.45, 2.75) is 25.2 Å². The number of fused-ring (bicyclic) bond motifs is 2. The molecule has 1 aliphatic heterocycles. The zero-order chi connectivity index (χ0) is 13.8. The number of halogens is 1. The maximum absolute atomic E-state index is 14.7. The van der Waals surface area contributed by atoms with Gasteiger partial charge in [-0.3, -0.25) is 4.79 Å². The molecule has 0 saturated heterocycles. The van der Waals surface area contributed by atoms with Crippen LogP contribution in [0.5, 0.6) is 11.5 Å². The topological polar surface area (TPSA) is 47.6 Å². The van der Waals surface area contributed by atoms with E-state index in [1.54, 1.807) is 6.92 Å². The van der Waals surface area contributed by atoms with E-state index in [2.05, 4.69) is 5.32 Å². The van der Waals surface area contributed by atoms with Gasteiger partial charge in [-0.1, -0.05) is 0 Å². The van der Waals surface area contributed by atoms with Crippen LogP contribution >= 0.6 is 0 Å². The second-order valence-corrected chi connectivity index (χ2v) is 5.22. The first kappa shape index (κ1) is 12.3. The predicted molar refractivity (Wildman–Crippen MR) is 67.5 cm³/mol. The molecule has 1 N–H and O–H groups in total.